The Morgan fingerprint density at radius 1 is 0.842 bits per heavy atom. The molecule has 0 radical (unpaired) electrons. The molecule has 3 aromatic carbocycles. The van der Waals surface area contributed by atoms with Crippen molar-refractivity contribution in [3.05, 3.63) is 82.1 Å². The lowest BCUT2D eigenvalue weighted by molar-refractivity contribution is -0.135. The summed E-state index contributed by atoms with van der Waals surface area (Å²) in [4.78, 5) is 63.7. The summed E-state index contributed by atoms with van der Waals surface area (Å²) in [5.41, 5.74) is 7.42. The Hall–Kier alpha value is -5.73. The summed E-state index contributed by atoms with van der Waals surface area (Å²) >= 11 is 1.53. The predicted molar refractivity (Wildman–Crippen MR) is 226 cm³/mol. The molecule has 0 bridgehead atoms. The van der Waals surface area contributed by atoms with Gasteiger partial charge < -0.3 is 20.4 Å². The van der Waals surface area contributed by atoms with E-state index in [4.69, 9.17) is 4.98 Å². The molecule has 4 aliphatic heterocycles. The van der Waals surface area contributed by atoms with Gasteiger partial charge in [0, 0.05) is 104 Å². The Balaban J connectivity index is 0.764. The summed E-state index contributed by atoms with van der Waals surface area (Å²) < 4.78 is 4.23. The molecule has 3 amide bonds. The van der Waals surface area contributed by atoms with Crippen LogP contribution in [0.2, 0.25) is 0 Å². The number of piperazine rings is 1. The highest BCUT2D eigenvalue weighted by Crippen LogP contribution is 2.41. The highest BCUT2D eigenvalue weighted by atomic mass is 32.1. The lowest BCUT2D eigenvalue weighted by atomic mass is 10.1. The van der Waals surface area contributed by atoms with Gasteiger partial charge in [-0.3, -0.25) is 33.7 Å². The molecular formula is C43H45N9O4S. The monoisotopic (exact) mass is 783 g/mol. The van der Waals surface area contributed by atoms with Crippen LogP contribution in [-0.2, 0) is 16.6 Å². The molecule has 7 heterocycles. The van der Waals surface area contributed by atoms with Crippen molar-refractivity contribution in [2.75, 3.05) is 67.5 Å². The highest BCUT2D eigenvalue weighted by molar-refractivity contribution is 7.21. The molecule has 0 aliphatic carbocycles. The molecule has 4 aliphatic rings. The van der Waals surface area contributed by atoms with E-state index in [1.807, 2.05) is 13.0 Å². The summed E-state index contributed by atoms with van der Waals surface area (Å²) in [6.07, 6.45) is 1.67. The number of aryl methyl sites for hydroxylation is 1. The standard InChI is InChI=1S/C43H45N9O4S/c1-25-22-44-39-38-30-8-9-31(46-32(30)10-13-36(38)57-40(39)42(55)45-25)27-3-5-28(6-4-27)50-19-17-49(18-20-50)23-26-15-16-51(24-26)29-7-11-33-35(21-29)48(2)43(56)52(33)34-12-14-37(53)47-41(34)54/h3-11,13,21,25-26,34,44H,12,14-20,22-24H2,1-2H3,(H,45,55)(H,47,53,54)/t25-,26-,34?/m1/s1. The number of hydrogen-bond donors (Lipinski definition) is 3. The molecule has 3 saturated heterocycles. The molecule has 10 rings (SSSR count). The fraction of sp³-hybridized carbons (Fsp3) is 0.372. The van der Waals surface area contributed by atoms with Crippen LogP contribution in [0, 0.1) is 5.92 Å². The first kappa shape index (κ1) is 35.7. The van der Waals surface area contributed by atoms with Gasteiger partial charge >= 0.3 is 5.69 Å². The minimum atomic E-state index is -0.682. The number of amides is 3. The fourth-order valence-corrected chi connectivity index (χ4v) is 10.4. The molecule has 0 spiro atoms. The number of piperidine rings is 1. The van der Waals surface area contributed by atoms with Crippen molar-refractivity contribution < 1.29 is 14.4 Å². The van der Waals surface area contributed by atoms with Gasteiger partial charge in [-0.1, -0.05) is 12.1 Å². The van der Waals surface area contributed by atoms with E-state index < -0.39 is 11.9 Å². The first-order chi connectivity index (χ1) is 27.7. The maximum atomic E-state index is 13.3. The van der Waals surface area contributed by atoms with E-state index in [0.29, 0.717) is 24.4 Å². The van der Waals surface area contributed by atoms with Gasteiger partial charge in [-0.25, -0.2) is 9.78 Å². The normalized spacial score (nSPS) is 21.9. The van der Waals surface area contributed by atoms with Crippen molar-refractivity contribution in [2.24, 2.45) is 13.0 Å². The number of benzene rings is 3. The third kappa shape index (κ3) is 6.31. The van der Waals surface area contributed by atoms with Gasteiger partial charge in [0.25, 0.3) is 5.91 Å². The summed E-state index contributed by atoms with van der Waals surface area (Å²) in [5.74, 6) is -0.167. The minimum absolute atomic E-state index is 0.0194. The van der Waals surface area contributed by atoms with E-state index in [2.05, 4.69) is 91.3 Å². The third-order valence-corrected chi connectivity index (χ3v) is 13.5. The highest BCUT2D eigenvalue weighted by Gasteiger charge is 2.32. The average molecular weight is 784 g/mol. The van der Waals surface area contributed by atoms with Crippen LogP contribution in [-0.4, -0.2) is 95.1 Å². The summed E-state index contributed by atoms with van der Waals surface area (Å²) in [6.45, 7) is 9.67. The maximum absolute atomic E-state index is 13.3. The van der Waals surface area contributed by atoms with Gasteiger partial charge in [-0.05, 0) is 80.3 Å². The number of imidazole rings is 1. The number of nitrogens with zero attached hydrogens (tertiary/aromatic N) is 6. The van der Waals surface area contributed by atoms with E-state index in [0.717, 1.165) is 106 Å². The lowest BCUT2D eigenvalue weighted by Gasteiger charge is -2.37. The van der Waals surface area contributed by atoms with Crippen LogP contribution in [0.3, 0.4) is 0 Å². The minimum Gasteiger partial charge on any atom is -0.381 e. The number of anilines is 3. The Morgan fingerprint density at radius 2 is 1.65 bits per heavy atom. The zero-order chi connectivity index (χ0) is 38.9. The number of rotatable bonds is 6. The van der Waals surface area contributed by atoms with Crippen molar-refractivity contribution in [3.63, 3.8) is 0 Å². The SMILES string of the molecule is C[C@@H]1CNc2c(sc3ccc4nc(-c5ccc(N6CCN(C[C@H]7CCN(c8ccc9c(c8)n(C)c(=O)n9C8CCC(=O)NC8=O)C7)CC6)cc5)ccc4c23)C(=O)N1. The molecule has 0 saturated carbocycles. The zero-order valence-corrected chi connectivity index (χ0v) is 32.9. The lowest BCUT2D eigenvalue weighted by Crippen LogP contribution is -2.48. The molecular weight excluding hydrogens is 739 g/mol. The zero-order valence-electron chi connectivity index (χ0n) is 32.1. The van der Waals surface area contributed by atoms with Crippen LogP contribution in [0.4, 0.5) is 17.1 Å². The van der Waals surface area contributed by atoms with Crippen molar-refractivity contribution in [1.29, 1.82) is 0 Å². The second-order valence-electron chi connectivity index (χ2n) is 16.1. The molecule has 3 fully saturated rings. The van der Waals surface area contributed by atoms with Gasteiger partial charge in [0.05, 0.1) is 27.9 Å². The Bertz CT molecular complexity index is 2660. The molecule has 14 heteroatoms. The van der Waals surface area contributed by atoms with Crippen LogP contribution >= 0.6 is 11.3 Å². The predicted octanol–water partition coefficient (Wildman–Crippen LogP) is 4.94. The largest absolute Gasteiger partial charge is 0.381 e. The molecule has 6 aromatic rings. The number of carbonyl (C=O) groups is 3. The van der Waals surface area contributed by atoms with Crippen LogP contribution in [0.1, 0.15) is 41.9 Å². The average Bonchev–Trinajstić information content (AvgIpc) is 3.89. The van der Waals surface area contributed by atoms with Crippen LogP contribution in [0.5, 0.6) is 0 Å². The van der Waals surface area contributed by atoms with Gasteiger partial charge in [-0.15, -0.1) is 11.3 Å². The number of aromatic nitrogens is 3. The van der Waals surface area contributed by atoms with Crippen LogP contribution < -0.4 is 31.4 Å². The Morgan fingerprint density at radius 3 is 2.46 bits per heavy atom. The van der Waals surface area contributed by atoms with Crippen molar-refractivity contribution in [2.45, 2.75) is 38.3 Å². The smallest absolute Gasteiger partial charge is 0.329 e. The second kappa shape index (κ2) is 14.0. The van der Waals surface area contributed by atoms with E-state index in [1.54, 1.807) is 16.2 Å². The van der Waals surface area contributed by atoms with Crippen LogP contribution in [0.15, 0.2) is 71.5 Å². The number of carbonyl (C=O) groups excluding carboxylic acids is 3. The number of hydrogen-bond acceptors (Lipinski definition) is 10. The molecule has 292 valence electrons. The Kier molecular flexibility index (Phi) is 8.78. The fourth-order valence-electron chi connectivity index (χ4n) is 9.28. The van der Waals surface area contributed by atoms with Gasteiger partial charge in [0.1, 0.15) is 10.9 Å². The van der Waals surface area contributed by atoms with Gasteiger partial charge in [0.15, 0.2) is 0 Å². The van der Waals surface area contributed by atoms with Crippen LogP contribution in [0.25, 0.3) is 43.3 Å². The second-order valence-corrected chi connectivity index (χ2v) is 17.1. The number of nitrogens with one attached hydrogen (secondary N) is 3. The Labute approximate surface area is 333 Å². The van der Waals surface area contributed by atoms with Crippen molar-refractivity contribution in [1.82, 2.24) is 29.7 Å². The van der Waals surface area contributed by atoms with E-state index in [9.17, 15) is 19.2 Å². The molecule has 3 N–H and O–H groups in total. The first-order valence-corrected chi connectivity index (χ1v) is 20.8. The van der Waals surface area contributed by atoms with Crippen molar-refractivity contribution in [3.8, 4) is 11.3 Å². The van der Waals surface area contributed by atoms with E-state index >= 15 is 0 Å². The maximum Gasteiger partial charge on any atom is 0.329 e. The summed E-state index contributed by atoms with van der Waals surface area (Å²) in [7, 11) is 1.75. The molecule has 57 heavy (non-hydrogen) atoms. The third-order valence-electron chi connectivity index (χ3n) is 12.4. The van der Waals surface area contributed by atoms with E-state index in [-0.39, 0.29) is 30.0 Å². The van der Waals surface area contributed by atoms with E-state index in [1.165, 1.54) is 17.0 Å². The molecule has 3 aromatic heterocycles. The summed E-state index contributed by atoms with van der Waals surface area (Å²) in [6, 6.07) is 22.6. The number of fused-ring (bicyclic) bond motifs is 6. The topological polar surface area (TPSA) is 137 Å². The number of imide groups is 1. The number of thiophene rings is 1. The first-order valence-electron chi connectivity index (χ1n) is 20.0. The number of pyridine rings is 1. The summed E-state index contributed by atoms with van der Waals surface area (Å²) in [5, 5.41) is 11.1. The molecule has 13 nitrogen and oxygen atoms in total. The van der Waals surface area contributed by atoms with Gasteiger partial charge in [0.2, 0.25) is 11.8 Å². The molecule has 3 atom stereocenters. The van der Waals surface area contributed by atoms with Crippen molar-refractivity contribution >= 4 is 78.1 Å². The quantitative estimate of drug-likeness (QED) is 0.201. The van der Waals surface area contributed by atoms with Gasteiger partial charge in [-0.2, -0.15) is 0 Å². The molecule has 1 unspecified atom stereocenters.